The van der Waals surface area contributed by atoms with Crippen molar-refractivity contribution in [2.45, 2.75) is 32.2 Å². The first-order valence-electron chi connectivity index (χ1n) is 12.1. The van der Waals surface area contributed by atoms with Crippen LogP contribution >= 0.6 is 0 Å². The molecule has 5 rings (SSSR count). The largest absolute Gasteiger partial charge is 0.493 e. The zero-order valence-corrected chi connectivity index (χ0v) is 20.7. The van der Waals surface area contributed by atoms with Crippen LogP contribution in [0.2, 0.25) is 0 Å². The highest BCUT2D eigenvalue weighted by Gasteiger charge is 2.26. The van der Waals surface area contributed by atoms with E-state index in [1.54, 1.807) is 14.2 Å². The Kier molecular flexibility index (Phi) is 6.71. The third-order valence-electron chi connectivity index (χ3n) is 6.72. The number of amides is 1. The Morgan fingerprint density at radius 1 is 1.03 bits per heavy atom. The Labute approximate surface area is 210 Å². The molecular formula is C29H30N2O5. The second-order valence-electron chi connectivity index (χ2n) is 8.74. The Balaban J connectivity index is 1.47. The number of aromatic amines is 1. The van der Waals surface area contributed by atoms with E-state index in [0.29, 0.717) is 23.8 Å². The minimum absolute atomic E-state index is 0.0662. The quantitative estimate of drug-likeness (QED) is 0.335. The topological polar surface area (TPSA) is 81.8 Å². The van der Waals surface area contributed by atoms with Crippen molar-refractivity contribution in [2.75, 3.05) is 21.0 Å². The smallest absolute Gasteiger partial charge is 0.231 e. The summed E-state index contributed by atoms with van der Waals surface area (Å²) >= 11 is 0. The second kappa shape index (κ2) is 10.2. The van der Waals surface area contributed by atoms with E-state index in [1.165, 1.54) is 5.56 Å². The fraction of sp³-hybridized carbons (Fsp3) is 0.276. The number of carbonyl (C=O) groups is 1. The number of ether oxygens (including phenoxy) is 4. The lowest BCUT2D eigenvalue weighted by atomic mass is 9.86. The zero-order valence-electron chi connectivity index (χ0n) is 20.7. The van der Waals surface area contributed by atoms with Crippen molar-refractivity contribution in [3.8, 4) is 23.0 Å². The van der Waals surface area contributed by atoms with Gasteiger partial charge in [-0.1, -0.05) is 43.3 Å². The summed E-state index contributed by atoms with van der Waals surface area (Å²) in [6.45, 7) is 2.76. The molecule has 0 radical (unpaired) electrons. The van der Waals surface area contributed by atoms with Crippen LogP contribution in [0, 0.1) is 0 Å². The van der Waals surface area contributed by atoms with Gasteiger partial charge >= 0.3 is 0 Å². The summed E-state index contributed by atoms with van der Waals surface area (Å²) in [5.74, 6) is 2.38. The summed E-state index contributed by atoms with van der Waals surface area (Å²) in [6.07, 6.45) is 3.18. The van der Waals surface area contributed by atoms with Crippen LogP contribution in [-0.4, -0.2) is 31.9 Å². The molecule has 0 spiro atoms. The van der Waals surface area contributed by atoms with E-state index in [-0.39, 0.29) is 25.0 Å². The number of carbonyl (C=O) groups excluding carboxylic acids is 1. The average molecular weight is 487 g/mol. The van der Waals surface area contributed by atoms with Crippen LogP contribution in [0.1, 0.15) is 41.5 Å². The highest BCUT2D eigenvalue weighted by Crippen LogP contribution is 2.42. The summed E-state index contributed by atoms with van der Waals surface area (Å²) in [5.41, 5.74) is 5.23. The third-order valence-corrected chi connectivity index (χ3v) is 6.72. The standard InChI is InChI=1S/C29H30N2O5/c1-4-19-7-5-8-20-23(16-31-28(19)20)22(21-9-6-10-25(33-2)29(21)34-3)14-27(32)30-15-18-11-12-24-26(13-18)36-17-35-24/h5-13,16,22,31H,4,14-15,17H2,1-3H3,(H,30,32). The number of nitrogens with one attached hydrogen (secondary N) is 2. The molecule has 186 valence electrons. The summed E-state index contributed by atoms with van der Waals surface area (Å²) in [5, 5.41) is 4.18. The number of methoxy groups -OCH3 is 2. The molecular weight excluding hydrogens is 456 g/mol. The zero-order chi connectivity index (χ0) is 25.1. The number of fused-ring (bicyclic) bond motifs is 2. The molecule has 0 aliphatic carbocycles. The van der Waals surface area contributed by atoms with E-state index in [0.717, 1.165) is 39.8 Å². The van der Waals surface area contributed by atoms with Crippen molar-refractivity contribution in [1.29, 1.82) is 0 Å². The van der Waals surface area contributed by atoms with Gasteiger partial charge in [-0.15, -0.1) is 0 Å². The Hall–Kier alpha value is -4.13. The first kappa shape index (κ1) is 23.6. The first-order valence-corrected chi connectivity index (χ1v) is 12.1. The molecule has 1 aliphatic rings. The van der Waals surface area contributed by atoms with Crippen molar-refractivity contribution in [2.24, 2.45) is 0 Å². The van der Waals surface area contributed by atoms with Gasteiger partial charge in [0.2, 0.25) is 12.7 Å². The molecule has 0 saturated carbocycles. The molecule has 1 aromatic heterocycles. The average Bonchev–Trinajstić information content (AvgIpc) is 3.56. The van der Waals surface area contributed by atoms with Crippen LogP contribution in [0.3, 0.4) is 0 Å². The van der Waals surface area contributed by atoms with E-state index >= 15 is 0 Å². The third kappa shape index (κ3) is 4.44. The molecule has 0 bridgehead atoms. The Morgan fingerprint density at radius 3 is 2.67 bits per heavy atom. The highest BCUT2D eigenvalue weighted by atomic mass is 16.7. The van der Waals surface area contributed by atoms with Gasteiger partial charge in [-0.2, -0.15) is 0 Å². The van der Waals surface area contributed by atoms with Gasteiger partial charge in [-0.3, -0.25) is 4.79 Å². The lowest BCUT2D eigenvalue weighted by molar-refractivity contribution is -0.121. The second-order valence-corrected chi connectivity index (χ2v) is 8.74. The molecule has 0 saturated heterocycles. The van der Waals surface area contributed by atoms with E-state index < -0.39 is 0 Å². The number of aryl methyl sites for hydroxylation is 1. The van der Waals surface area contributed by atoms with Gasteiger partial charge in [0, 0.05) is 41.5 Å². The predicted molar refractivity (Wildman–Crippen MR) is 138 cm³/mol. The Bertz CT molecular complexity index is 1390. The van der Waals surface area contributed by atoms with Gasteiger partial charge in [0.15, 0.2) is 23.0 Å². The molecule has 36 heavy (non-hydrogen) atoms. The molecule has 7 heteroatoms. The minimum atomic E-state index is -0.243. The monoisotopic (exact) mass is 486 g/mol. The molecule has 2 heterocycles. The minimum Gasteiger partial charge on any atom is -0.493 e. The summed E-state index contributed by atoms with van der Waals surface area (Å²) in [4.78, 5) is 16.7. The predicted octanol–water partition coefficient (Wildman–Crippen LogP) is 5.31. The van der Waals surface area contributed by atoms with E-state index in [9.17, 15) is 4.79 Å². The fourth-order valence-electron chi connectivity index (χ4n) is 4.90. The molecule has 1 aliphatic heterocycles. The molecule has 1 atom stereocenters. The maximum absolute atomic E-state index is 13.3. The molecule has 3 aromatic carbocycles. The number of para-hydroxylation sites is 2. The van der Waals surface area contributed by atoms with E-state index in [2.05, 4.69) is 35.4 Å². The van der Waals surface area contributed by atoms with E-state index in [1.807, 2.05) is 42.6 Å². The molecule has 0 fully saturated rings. The van der Waals surface area contributed by atoms with Crippen LogP contribution in [0.5, 0.6) is 23.0 Å². The van der Waals surface area contributed by atoms with Crippen LogP contribution < -0.4 is 24.3 Å². The number of rotatable bonds is 9. The molecule has 4 aromatic rings. The van der Waals surface area contributed by atoms with Gasteiger partial charge in [0.1, 0.15) is 0 Å². The van der Waals surface area contributed by atoms with Crippen molar-refractivity contribution in [1.82, 2.24) is 10.3 Å². The maximum Gasteiger partial charge on any atom is 0.231 e. The van der Waals surface area contributed by atoms with Crippen molar-refractivity contribution < 1.29 is 23.7 Å². The SMILES string of the molecule is CCc1cccc2c(C(CC(=O)NCc3ccc4c(c3)OCO4)c3cccc(OC)c3OC)c[nH]c12. The lowest BCUT2D eigenvalue weighted by Gasteiger charge is -2.21. The van der Waals surface area contributed by atoms with Gasteiger partial charge in [0.25, 0.3) is 0 Å². The summed E-state index contributed by atoms with van der Waals surface area (Å²) < 4.78 is 22.2. The van der Waals surface area contributed by atoms with Crippen LogP contribution in [0.4, 0.5) is 0 Å². The number of aromatic nitrogens is 1. The molecule has 1 amide bonds. The van der Waals surface area contributed by atoms with Crippen LogP contribution in [0.25, 0.3) is 10.9 Å². The molecule has 2 N–H and O–H groups in total. The van der Waals surface area contributed by atoms with Gasteiger partial charge in [-0.05, 0) is 41.3 Å². The number of hydrogen-bond acceptors (Lipinski definition) is 5. The first-order chi connectivity index (χ1) is 17.6. The lowest BCUT2D eigenvalue weighted by Crippen LogP contribution is -2.25. The van der Waals surface area contributed by atoms with Crippen molar-refractivity contribution >= 4 is 16.8 Å². The van der Waals surface area contributed by atoms with Crippen LogP contribution in [0.15, 0.2) is 60.8 Å². The van der Waals surface area contributed by atoms with Gasteiger partial charge < -0.3 is 29.2 Å². The summed E-state index contributed by atoms with van der Waals surface area (Å²) in [7, 11) is 3.25. The van der Waals surface area contributed by atoms with Crippen molar-refractivity contribution in [3.05, 3.63) is 83.0 Å². The van der Waals surface area contributed by atoms with Crippen molar-refractivity contribution in [3.63, 3.8) is 0 Å². The van der Waals surface area contributed by atoms with E-state index in [4.69, 9.17) is 18.9 Å². The normalized spacial score (nSPS) is 13.0. The van der Waals surface area contributed by atoms with Crippen LogP contribution in [-0.2, 0) is 17.8 Å². The number of hydrogen-bond donors (Lipinski definition) is 2. The van der Waals surface area contributed by atoms with Gasteiger partial charge in [0.05, 0.1) is 14.2 Å². The molecule has 1 unspecified atom stereocenters. The molecule has 7 nitrogen and oxygen atoms in total. The number of H-pyrrole nitrogens is 1. The maximum atomic E-state index is 13.3. The summed E-state index contributed by atoms with van der Waals surface area (Å²) in [6, 6.07) is 17.8. The Morgan fingerprint density at radius 2 is 1.86 bits per heavy atom. The fourth-order valence-corrected chi connectivity index (χ4v) is 4.90. The highest BCUT2D eigenvalue weighted by molar-refractivity contribution is 5.88. The number of benzene rings is 3. The van der Waals surface area contributed by atoms with Gasteiger partial charge in [-0.25, -0.2) is 0 Å².